The molecule has 1 fully saturated rings. The van der Waals surface area contributed by atoms with Crippen molar-refractivity contribution in [1.82, 2.24) is 14.4 Å². The van der Waals surface area contributed by atoms with Crippen LogP contribution in [-0.2, 0) is 17.9 Å². The standard InChI is InChI=1S/C31H38N4O4/c1-3-24(2)33(31(37)26-14-10-17-28(20-26)35(38)39)23-30(36)34(27-15-8-5-9-16-27)22-29-18-11-19-32(29)21-25-12-6-4-7-13-25/h4,6-7,10-14,17-20,24,27H,3,5,8-9,15-16,21-23H2,1-2H3. The summed E-state index contributed by atoms with van der Waals surface area (Å²) in [6.07, 6.45) is 7.95. The Morgan fingerprint density at radius 3 is 2.46 bits per heavy atom. The molecule has 0 saturated heterocycles. The maximum absolute atomic E-state index is 14.0. The first-order valence-electron chi connectivity index (χ1n) is 13.9. The number of nitrogens with zero attached hydrogens (tertiary/aromatic N) is 4. The van der Waals surface area contributed by atoms with Crippen LogP contribution in [0.25, 0.3) is 0 Å². The number of carbonyl (C=O) groups is 2. The van der Waals surface area contributed by atoms with Gasteiger partial charge in [-0.25, -0.2) is 0 Å². The van der Waals surface area contributed by atoms with E-state index in [1.165, 1.54) is 30.2 Å². The fourth-order valence-electron chi connectivity index (χ4n) is 5.32. The van der Waals surface area contributed by atoms with Gasteiger partial charge in [0.2, 0.25) is 5.91 Å². The summed E-state index contributed by atoms with van der Waals surface area (Å²) in [5, 5.41) is 11.3. The highest BCUT2D eigenvalue weighted by Crippen LogP contribution is 2.26. The van der Waals surface area contributed by atoms with E-state index >= 15 is 0 Å². The zero-order valence-electron chi connectivity index (χ0n) is 22.9. The number of hydrogen-bond donors (Lipinski definition) is 0. The molecule has 0 aliphatic heterocycles. The average Bonchev–Trinajstić information content (AvgIpc) is 3.41. The lowest BCUT2D eigenvalue weighted by Gasteiger charge is -2.37. The Kier molecular flexibility index (Phi) is 9.52. The van der Waals surface area contributed by atoms with E-state index < -0.39 is 4.92 Å². The van der Waals surface area contributed by atoms with E-state index in [4.69, 9.17) is 0 Å². The first-order valence-corrected chi connectivity index (χ1v) is 13.9. The molecule has 39 heavy (non-hydrogen) atoms. The van der Waals surface area contributed by atoms with Gasteiger partial charge in [0, 0.05) is 48.2 Å². The maximum Gasteiger partial charge on any atom is 0.270 e. The molecule has 2 amide bonds. The highest BCUT2D eigenvalue weighted by molar-refractivity contribution is 5.97. The lowest BCUT2D eigenvalue weighted by molar-refractivity contribution is -0.384. The predicted molar refractivity (Wildman–Crippen MR) is 151 cm³/mol. The predicted octanol–water partition coefficient (Wildman–Crippen LogP) is 6.05. The van der Waals surface area contributed by atoms with E-state index in [-0.39, 0.29) is 41.7 Å². The minimum atomic E-state index is -0.509. The van der Waals surface area contributed by atoms with Gasteiger partial charge in [0.05, 0.1) is 11.5 Å². The van der Waals surface area contributed by atoms with Crippen molar-refractivity contribution < 1.29 is 14.5 Å². The van der Waals surface area contributed by atoms with Crippen LogP contribution in [0.2, 0.25) is 0 Å². The third-order valence-corrected chi connectivity index (χ3v) is 7.78. The summed E-state index contributed by atoms with van der Waals surface area (Å²) in [6, 6.07) is 20.0. The van der Waals surface area contributed by atoms with Crippen LogP contribution in [0.3, 0.4) is 0 Å². The molecule has 1 unspecified atom stereocenters. The van der Waals surface area contributed by atoms with Crippen molar-refractivity contribution in [2.75, 3.05) is 6.54 Å². The van der Waals surface area contributed by atoms with Crippen molar-refractivity contribution in [3.05, 3.63) is 99.9 Å². The van der Waals surface area contributed by atoms with Gasteiger partial charge in [0.1, 0.15) is 6.54 Å². The Labute approximate surface area is 230 Å². The highest BCUT2D eigenvalue weighted by atomic mass is 16.6. The maximum atomic E-state index is 14.0. The van der Waals surface area contributed by atoms with Crippen molar-refractivity contribution >= 4 is 17.5 Å². The number of non-ortho nitro benzene ring substituents is 1. The Balaban J connectivity index is 1.58. The van der Waals surface area contributed by atoms with E-state index in [9.17, 15) is 19.7 Å². The highest BCUT2D eigenvalue weighted by Gasteiger charge is 2.31. The number of rotatable bonds is 11. The monoisotopic (exact) mass is 530 g/mol. The number of nitro groups is 1. The largest absolute Gasteiger partial charge is 0.345 e. The smallest absolute Gasteiger partial charge is 0.270 e. The topological polar surface area (TPSA) is 88.7 Å². The number of carbonyl (C=O) groups excluding carboxylic acids is 2. The summed E-state index contributed by atoms with van der Waals surface area (Å²) in [5.41, 5.74) is 2.33. The van der Waals surface area contributed by atoms with E-state index in [2.05, 4.69) is 22.8 Å². The molecule has 8 heteroatoms. The van der Waals surface area contributed by atoms with Crippen LogP contribution in [0.15, 0.2) is 72.9 Å². The lowest BCUT2D eigenvalue weighted by atomic mass is 9.94. The molecule has 1 aliphatic carbocycles. The van der Waals surface area contributed by atoms with Gasteiger partial charge in [-0.1, -0.05) is 62.6 Å². The lowest BCUT2D eigenvalue weighted by Crippen LogP contribution is -2.49. The first kappa shape index (κ1) is 28.1. The molecule has 4 rings (SSSR count). The molecule has 8 nitrogen and oxygen atoms in total. The summed E-state index contributed by atoms with van der Waals surface area (Å²) in [6.45, 7) is 5.02. The Morgan fingerprint density at radius 1 is 1.03 bits per heavy atom. The Hall–Kier alpha value is -3.94. The number of benzene rings is 2. The van der Waals surface area contributed by atoms with Gasteiger partial charge < -0.3 is 14.4 Å². The molecule has 1 heterocycles. The quantitative estimate of drug-likeness (QED) is 0.223. The van der Waals surface area contributed by atoms with Crippen molar-refractivity contribution in [2.24, 2.45) is 0 Å². The van der Waals surface area contributed by atoms with Crippen LogP contribution in [0.5, 0.6) is 0 Å². The molecule has 1 atom stereocenters. The molecule has 3 aromatic rings. The Bertz CT molecular complexity index is 1270. The van der Waals surface area contributed by atoms with Gasteiger partial charge in [0.25, 0.3) is 11.6 Å². The van der Waals surface area contributed by atoms with E-state index in [0.717, 1.165) is 37.9 Å². The van der Waals surface area contributed by atoms with Crippen LogP contribution in [0.4, 0.5) is 5.69 Å². The molecular weight excluding hydrogens is 492 g/mol. The van der Waals surface area contributed by atoms with Gasteiger partial charge in [-0.15, -0.1) is 0 Å². The summed E-state index contributed by atoms with van der Waals surface area (Å²) >= 11 is 0. The van der Waals surface area contributed by atoms with Gasteiger partial charge >= 0.3 is 0 Å². The molecule has 1 aliphatic rings. The van der Waals surface area contributed by atoms with Crippen molar-refractivity contribution in [2.45, 2.75) is 77.5 Å². The van der Waals surface area contributed by atoms with E-state index in [1.807, 2.05) is 49.2 Å². The van der Waals surface area contributed by atoms with Crippen molar-refractivity contribution in [3.63, 3.8) is 0 Å². The van der Waals surface area contributed by atoms with E-state index in [1.54, 1.807) is 11.0 Å². The first-order chi connectivity index (χ1) is 18.9. The average molecular weight is 531 g/mol. The molecular formula is C31H38N4O4. The van der Waals surface area contributed by atoms with Crippen LogP contribution in [0, 0.1) is 10.1 Å². The van der Waals surface area contributed by atoms with Crippen LogP contribution in [0.1, 0.15) is 74.0 Å². The molecule has 1 aromatic heterocycles. The molecule has 0 radical (unpaired) electrons. The second-order valence-electron chi connectivity index (χ2n) is 10.4. The minimum Gasteiger partial charge on any atom is -0.345 e. The molecule has 0 N–H and O–H groups in total. The summed E-state index contributed by atoms with van der Waals surface area (Å²) in [5.74, 6) is -0.453. The zero-order chi connectivity index (χ0) is 27.8. The fraction of sp³-hybridized carbons (Fsp3) is 0.419. The normalized spacial score (nSPS) is 14.5. The summed E-state index contributed by atoms with van der Waals surface area (Å²) < 4.78 is 2.18. The number of amides is 2. The van der Waals surface area contributed by atoms with Crippen molar-refractivity contribution in [3.8, 4) is 0 Å². The summed E-state index contributed by atoms with van der Waals surface area (Å²) in [7, 11) is 0. The fourth-order valence-corrected chi connectivity index (χ4v) is 5.32. The van der Waals surface area contributed by atoms with Crippen LogP contribution < -0.4 is 0 Å². The summed E-state index contributed by atoms with van der Waals surface area (Å²) in [4.78, 5) is 41.9. The zero-order valence-corrected chi connectivity index (χ0v) is 22.9. The van der Waals surface area contributed by atoms with Crippen LogP contribution in [-0.4, -0.2) is 49.7 Å². The molecule has 0 spiro atoms. The third-order valence-electron chi connectivity index (χ3n) is 7.78. The third kappa shape index (κ3) is 7.13. The minimum absolute atomic E-state index is 0.0631. The molecule has 206 valence electrons. The second kappa shape index (κ2) is 13.2. The van der Waals surface area contributed by atoms with Gasteiger partial charge in [-0.2, -0.15) is 0 Å². The van der Waals surface area contributed by atoms with E-state index in [0.29, 0.717) is 13.0 Å². The molecule has 0 bridgehead atoms. The number of nitro benzene ring substituents is 1. The van der Waals surface area contributed by atoms with Gasteiger partial charge in [-0.05, 0) is 49.9 Å². The van der Waals surface area contributed by atoms with Crippen LogP contribution >= 0.6 is 0 Å². The molecule has 1 saturated carbocycles. The number of aromatic nitrogens is 1. The Morgan fingerprint density at radius 2 is 1.77 bits per heavy atom. The van der Waals surface area contributed by atoms with Gasteiger partial charge in [0.15, 0.2) is 0 Å². The second-order valence-corrected chi connectivity index (χ2v) is 10.4. The number of hydrogen-bond acceptors (Lipinski definition) is 4. The molecule has 2 aromatic carbocycles. The van der Waals surface area contributed by atoms with Gasteiger partial charge in [-0.3, -0.25) is 19.7 Å². The SMILES string of the molecule is CCC(C)N(CC(=O)N(Cc1cccn1Cc1ccccc1)C1CCCCC1)C(=O)c1cccc([N+](=O)[O-])c1. The van der Waals surface area contributed by atoms with Crippen molar-refractivity contribution in [1.29, 1.82) is 0 Å².